The molecule has 2 N–H and O–H groups in total. The van der Waals surface area contributed by atoms with Crippen LogP contribution in [0.4, 0.5) is 0 Å². The molecule has 0 aliphatic heterocycles. The Morgan fingerprint density at radius 1 is 0.857 bits per heavy atom. The summed E-state index contributed by atoms with van der Waals surface area (Å²) in [5, 5.41) is 13.6. The molecule has 0 radical (unpaired) electrons. The van der Waals surface area contributed by atoms with E-state index in [-0.39, 0.29) is 6.42 Å². The molecule has 158 valence electrons. The lowest BCUT2D eigenvalue weighted by molar-refractivity contribution is -0.238. The zero-order valence-corrected chi connectivity index (χ0v) is 16.3. The Morgan fingerprint density at radius 2 is 1.36 bits per heavy atom. The summed E-state index contributed by atoms with van der Waals surface area (Å²) in [7, 11) is 0. The third kappa shape index (κ3) is 6.48. The quantitative estimate of drug-likeness (QED) is 0.416. The molecule has 0 aromatic carbocycles. The summed E-state index contributed by atoms with van der Waals surface area (Å²) in [6, 6.07) is -1.02. The second-order valence-electron chi connectivity index (χ2n) is 6.57. The van der Waals surface area contributed by atoms with E-state index in [1.807, 2.05) is 0 Å². The molecular formula is C17H25NO10. The highest BCUT2D eigenvalue weighted by Gasteiger charge is 2.58. The van der Waals surface area contributed by atoms with Gasteiger partial charge in [0.05, 0.1) is 6.04 Å². The molecule has 0 bridgehead atoms. The van der Waals surface area contributed by atoms with Gasteiger partial charge in [-0.2, -0.15) is 0 Å². The van der Waals surface area contributed by atoms with Gasteiger partial charge in [0.1, 0.15) is 12.2 Å². The average molecular weight is 403 g/mol. The summed E-state index contributed by atoms with van der Waals surface area (Å²) >= 11 is 0. The maximum absolute atomic E-state index is 11.6. The van der Waals surface area contributed by atoms with Crippen molar-refractivity contribution >= 4 is 29.8 Å². The zero-order chi connectivity index (χ0) is 21.6. The zero-order valence-electron chi connectivity index (χ0n) is 16.3. The normalized spacial score (nSPS) is 29.2. The summed E-state index contributed by atoms with van der Waals surface area (Å²) in [6.45, 7) is 4.95. The second kappa shape index (κ2) is 9.49. The van der Waals surface area contributed by atoms with Crippen LogP contribution in [0.25, 0.3) is 0 Å². The minimum atomic E-state index is -2.03. The van der Waals surface area contributed by atoms with Gasteiger partial charge in [0.2, 0.25) is 5.91 Å². The van der Waals surface area contributed by atoms with E-state index < -0.39 is 66.3 Å². The summed E-state index contributed by atoms with van der Waals surface area (Å²) in [6.07, 6.45) is -4.56. The van der Waals surface area contributed by atoms with E-state index in [1.54, 1.807) is 0 Å². The summed E-state index contributed by atoms with van der Waals surface area (Å²) in [5.74, 6) is -3.59. The molecule has 28 heavy (non-hydrogen) atoms. The van der Waals surface area contributed by atoms with Gasteiger partial charge in [-0.1, -0.05) is 0 Å². The molecule has 1 aliphatic carbocycles. The van der Waals surface area contributed by atoms with E-state index in [9.17, 15) is 29.1 Å². The van der Waals surface area contributed by atoms with Crippen LogP contribution in [0, 0.1) is 0 Å². The Labute approximate surface area is 161 Å². The number of ether oxygens (including phenoxy) is 4. The van der Waals surface area contributed by atoms with Gasteiger partial charge in [-0.15, -0.1) is 0 Å². The molecule has 5 atom stereocenters. The van der Waals surface area contributed by atoms with Crippen LogP contribution in [0.1, 0.15) is 41.0 Å². The van der Waals surface area contributed by atoms with Gasteiger partial charge >= 0.3 is 23.9 Å². The maximum Gasteiger partial charge on any atom is 0.303 e. The molecule has 1 saturated carbocycles. The molecule has 11 heteroatoms. The van der Waals surface area contributed by atoms with Crippen molar-refractivity contribution in [1.82, 2.24) is 5.32 Å². The lowest BCUT2D eigenvalue weighted by Crippen LogP contribution is -2.70. The van der Waals surface area contributed by atoms with Crippen LogP contribution in [0.2, 0.25) is 0 Å². The number of esters is 4. The molecule has 11 nitrogen and oxygen atoms in total. The highest BCUT2D eigenvalue weighted by molar-refractivity contribution is 5.74. The van der Waals surface area contributed by atoms with Crippen LogP contribution in [-0.2, 0) is 42.9 Å². The van der Waals surface area contributed by atoms with Crippen molar-refractivity contribution in [2.75, 3.05) is 6.61 Å². The van der Waals surface area contributed by atoms with Crippen molar-refractivity contribution < 1.29 is 48.0 Å². The lowest BCUT2D eigenvalue weighted by Gasteiger charge is -2.48. The van der Waals surface area contributed by atoms with Gasteiger partial charge in [-0.05, 0) is 0 Å². The van der Waals surface area contributed by atoms with Crippen LogP contribution in [0.3, 0.4) is 0 Å². The van der Waals surface area contributed by atoms with Crippen LogP contribution in [0.5, 0.6) is 0 Å². The van der Waals surface area contributed by atoms with E-state index in [4.69, 9.17) is 18.9 Å². The van der Waals surface area contributed by atoms with Gasteiger partial charge in [-0.25, -0.2) is 0 Å². The Kier molecular flexibility index (Phi) is 7.91. The Hall–Kier alpha value is -2.69. The van der Waals surface area contributed by atoms with Gasteiger partial charge < -0.3 is 29.4 Å². The fraction of sp³-hybridized carbons (Fsp3) is 0.706. The molecular weight excluding hydrogens is 378 g/mol. The number of nitrogens with one attached hydrogen (secondary N) is 1. The number of carbonyl (C=O) groups excluding carboxylic acids is 5. The first-order valence-corrected chi connectivity index (χ1v) is 8.50. The third-order valence-electron chi connectivity index (χ3n) is 3.93. The second-order valence-corrected chi connectivity index (χ2v) is 6.57. The largest absolute Gasteiger partial charge is 0.463 e. The minimum Gasteiger partial charge on any atom is -0.463 e. The number of rotatable bonds is 6. The van der Waals surface area contributed by atoms with E-state index in [1.165, 1.54) is 6.92 Å². The third-order valence-corrected chi connectivity index (χ3v) is 3.93. The number of hydrogen-bond acceptors (Lipinski definition) is 10. The van der Waals surface area contributed by atoms with E-state index in [0.717, 1.165) is 27.7 Å². The van der Waals surface area contributed by atoms with Crippen molar-refractivity contribution in [2.45, 2.75) is 71.0 Å². The highest BCUT2D eigenvalue weighted by Crippen LogP contribution is 2.36. The summed E-state index contributed by atoms with van der Waals surface area (Å²) < 4.78 is 20.4. The first kappa shape index (κ1) is 23.3. The minimum absolute atomic E-state index is 0.312. The maximum atomic E-state index is 11.6. The smallest absolute Gasteiger partial charge is 0.303 e. The number of aliphatic hydroxyl groups is 1. The predicted molar refractivity (Wildman–Crippen MR) is 90.5 cm³/mol. The monoisotopic (exact) mass is 403 g/mol. The van der Waals surface area contributed by atoms with E-state index >= 15 is 0 Å². The van der Waals surface area contributed by atoms with Gasteiger partial charge in [-0.3, -0.25) is 24.0 Å². The number of amides is 1. The van der Waals surface area contributed by atoms with Crippen LogP contribution in [-0.4, -0.2) is 71.5 Å². The lowest BCUT2D eigenvalue weighted by atomic mass is 9.75. The van der Waals surface area contributed by atoms with Crippen molar-refractivity contribution in [2.24, 2.45) is 0 Å². The number of hydrogen-bond donors (Lipinski definition) is 2. The fourth-order valence-corrected chi connectivity index (χ4v) is 3.10. The molecule has 1 rings (SSSR count). The van der Waals surface area contributed by atoms with Crippen molar-refractivity contribution in [3.63, 3.8) is 0 Å². The Balaban J connectivity index is 3.44. The molecule has 0 unspecified atom stereocenters. The molecule has 0 spiro atoms. The SMILES string of the molecule is CC(=O)N[C@H]1C[C@@](O)(COC(C)=O)[C@H](OC(C)=O)[C@@H](OC(C)=O)[C@H]1OC(C)=O. The van der Waals surface area contributed by atoms with Gasteiger partial charge in [0.25, 0.3) is 0 Å². The van der Waals surface area contributed by atoms with Crippen LogP contribution >= 0.6 is 0 Å². The van der Waals surface area contributed by atoms with Crippen molar-refractivity contribution in [3.05, 3.63) is 0 Å². The molecule has 0 aromatic heterocycles. The predicted octanol–water partition coefficient (Wildman–Crippen LogP) is -1.02. The van der Waals surface area contributed by atoms with Crippen LogP contribution in [0.15, 0.2) is 0 Å². The highest BCUT2D eigenvalue weighted by atomic mass is 16.6. The first-order valence-electron chi connectivity index (χ1n) is 8.50. The molecule has 1 amide bonds. The van der Waals surface area contributed by atoms with E-state index in [2.05, 4.69) is 5.32 Å². The van der Waals surface area contributed by atoms with E-state index in [0.29, 0.717) is 0 Å². The molecule has 0 aromatic rings. The molecule has 0 saturated heterocycles. The van der Waals surface area contributed by atoms with Crippen molar-refractivity contribution in [3.8, 4) is 0 Å². The average Bonchev–Trinajstić information content (AvgIpc) is 2.51. The van der Waals surface area contributed by atoms with Gasteiger partial charge in [0.15, 0.2) is 18.3 Å². The summed E-state index contributed by atoms with van der Waals surface area (Å²) in [4.78, 5) is 57.6. The molecule has 1 aliphatic rings. The standard InChI is InChI=1S/C17H25NO10/c1-8(19)18-13-6-17(24,7-25-9(2)20)16(28-12(5)23)15(27-11(4)22)14(13)26-10(3)21/h13-16,24H,6-7H2,1-5H3,(H,18,19)/t13-,14-,15-,16+,17+/m0/s1. The Bertz CT molecular complexity index is 648. The molecule has 0 heterocycles. The number of carbonyl (C=O) groups is 5. The topological polar surface area (TPSA) is 155 Å². The molecule has 1 fully saturated rings. The summed E-state index contributed by atoms with van der Waals surface area (Å²) in [5.41, 5.74) is -2.03. The van der Waals surface area contributed by atoms with Crippen LogP contribution < -0.4 is 5.32 Å². The fourth-order valence-electron chi connectivity index (χ4n) is 3.10. The first-order chi connectivity index (χ1) is 12.9. The van der Waals surface area contributed by atoms with Crippen molar-refractivity contribution in [1.29, 1.82) is 0 Å². The Morgan fingerprint density at radius 3 is 1.79 bits per heavy atom. The van der Waals surface area contributed by atoms with Gasteiger partial charge in [0, 0.05) is 41.0 Å².